The van der Waals surface area contributed by atoms with Crippen LogP contribution in [0, 0.1) is 0 Å². The molecule has 29 heavy (non-hydrogen) atoms. The fourth-order valence-electron chi connectivity index (χ4n) is 2.96. The van der Waals surface area contributed by atoms with Crippen molar-refractivity contribution < 1.29 is 16.8 Å². The number of sulfonamides is 2. The van der Waals surface area contributed by atoms with Gasteiger partial charge in [-0.15, -0.1) is 0 Å². The van der Waals surface area contributed by atoms with Crippen molar-refractivity contribution in [3.63, 3.8) is 0 Å². The Morgan fingerprint density at radius 3 is 1.93 bits per heavy atom. The van der Waals surface area contributed by atoms with E-state index in [1.807, 2.05) is 62.4 Å². The molecular weight excluding hydrogens is 408 g/mol. The van der Waals surface area contributed by atoms with Crippen LogP contribution in [0.1, 0.15) is 37.3 Å². The van der Waals surface area contributed by atoms with Crippen LogP contribution in [0.25, 0.3) is 11.1 Å². The Hall–Kier alpha value is -1.74. The molecule has 2 rings (SSSR count). The molecule has 0 amide bonds. The van der Waals surface area contributed by atoms with Crippen LogP contribution in [-0.2, 0) is 26.5 Å². The molecule has 1 atom stereocenters. The van der Waals surface area contributed by atoms with Crippen LogP contribution in [0.3, 0.4) is 0 Å². The van der Waals surface area contributed by atoms with E-state index in [2.05, 4.69) is 9.44 Å². The van der Waals surface area contributed by atoms with Crippen molar-refractivity contribution >= 4 is 20.0 Å². The summed E-state index contributed by atoms with van der Waals surface area (Å²) in [5, 5.41) is 0. The van der Waals surface area contributed by atoms with Gasteiger partial charge in [0.2, 0.25) is 20.0 Å². The van der Waals surface area contributed by atoms with E-state index in [1.165, 1.54) is 0 Å². The Labute approximate surface area is 174 Å². The van der Waals surface area contributed by atoms with Crippen molar-refractivity contribution in [3.8, 4) is 11.1 Å². The molecule has 0 spiro atoms. The fraction of sp³-hybridized carbons (Fsp3) is 0.429. The molecule has 0 aliphatic rings. The minimum Gasteiger partial charge on any atom is -0.215 e. The highest BCUT2D eigenvalue weighted by atomic mass is 32.2. The molecule has 0 saturated heterocycles. The van der Waals surface area contributed by atoms with Crippen molar-refractivity contribution in [2.24, 2.45) is 0 Å². The summed E-state index contributed by atoms with van der Waals surface area (Å²) in [5.41, 5.74) is 4.30. The van der Waals surface area contributed by atoms with Crippen LogP contribution in [0.2, 0.25) is 0 Å². The summed E-state index contributed by atoms with van der Waals surface area (Å²) in [5.74, 6) is 0.235. The number of nitrogens with one attached hydrogen (secondary N) is 2. The standard InChI is InChI=1S/C21H30N2O4S2/c1-4-15-29(26,27)23-16-17(2)19-9-11-21(12-10-19)20-7-5-18(6-8-20)13-14-22-28(3,24)25/h5-12,17,22-23H,4,13-16H2,1-3H3. The van der Waals surface area contributed by atoms with Gasteiger partial charge in [0.05, 0.1) is 12.0 Å². The van der Waals surface area contributed by atoms with E-state index < -0.39 is 20.0 Å². The number of benzene rings is 2. The highest BCUT2D eigenvalue weighted by Gasteiger charge is 2.12. The van der Waals surface area contributed by atoms with Crippen LogP contribution < -0.4 is 9.44 Å². The fourth-order valence-corrected chi connectivity index (χ4v) is 4.62. The summed E-state index contributed by atoms with van der Waals surface area (Å²) in [7, 11) is -6.35. The average molecular weight is 439 g/mol. The predicted molar refractivity (Wildman–Crippen MR) is 119 cm³/mol. The minimum absolute atomic E-state index is 0.0837. The Bertz CT molecular complexity index is 984. The molecule has 2 aromatic rings. The van der Waals surface area contributed by atoms with E-state index in [0.29, 0.717) is 25.9 Å². The topological polar surface area (TPSA) is 92.3 Å². The van der Waals surface area contributed by atoms with Crippen molar-refractivity contribution in [3.05, 3.63) is 59.7 Å². The van der Waals surface area contributed by atoms with Crippen LogP contribution in [0.4, 0.5) is 0 Å². The van der Waals surface area contributed by atoms with E-state index in [9.17, 15) is 16.8 Å². The number of hydrogen-bond donors (Lipinski definition) is 2. The molecule has 2 aromatic carbocycles. The highest BCUT2D eigenvalue weighted by Crippen LogP contribution is 2.23. The van der Waals surface area contributed by atoms with Crippen molar-refractivity contribution in [1.82, 2.24) is 9.44 Å². The molecule has 0 aliphatic carbocycles. The molecule has 6 nitrogen and oxygen atoms in total. The highest BCUT2D eigenvalue weighted by molar-refractivity contribution is 7.89. The average Bonchev–Trinajstić information content (AvgIpc) is 2.66. The molecule has 1 unspecified atom stereocenters. The molecule has 0 heterocycles. The third-order valence-electron chi connectivity index (χ3n) is 4.63. The maximum absolute atomic E-state index is 11.8. The molecule has 0 fully saturated rings. The van der Waals surface area contributed by atoms with Crippen molar-refractivity contribution in [1.29, 1.82) is 0 Å². The van der Waals surface area contributed by atoms with Crippen LogP contribution in [0.5, 0.6) is 0 Å². The molecule has 8 heteroatoms. The lowest BCUT2D eigenvalue weighted by atomic mass is 9.97. The van der Waals surface area contributed by atoms with E-state index in [-0.39, 0.29) is 11.7 Å². The summed E-state index contributed by atoms with van der Waals surface area (Å²) in [4.78, 5) is 0. The Morgan fingerprint density at radius 2 is 1.41 bits per heavy atom. The molecule has 160 valence electrons. The molecule has 2 N–H and O–H groups in total. The maximum atomic E-state index is 11.8. The summed E-state index contributed by atoms with van der Waals surface area (Å²) < 4.78 is 51.0. The van der Waals surface area contributed by atoms with Crippen LogP contribution in [-0.4, -0.2) is 41.9 Å². The van der Waals surface area contributed by atoms with E-state index in [0.717, 1.165) is 28.5 Å². The lowest BCUT2D eigenvalue weighted by Gasteiger charge is -2.14. The quantitative estimate of drug-likeness (QED) is 0.564. The summed E-state index contributed by atoms with van der Waals surface area (Å²) in [6.07, 6.45) is 2.39. The summed E-state index contributed by atoms with van der Waals surface area (Å²) in [6.45, 7) is 4.62. The van der Waals surface area contributed by atoms with Crippen molar-refractivity contribution in [2.75, 3.05) is 25.1 Å². The lowest BCUT2D eigenvalue weighted by molar-refractivity contribution is 0.573. The van der Waals surface area contributed by atoms with Gasteiger partial charge >= 0.3 is 0 Å². The Balaban J connectivity index is 1.95. The van der Waals surface area contributed by atoms with E-state index in [1.54, 1.807) is 0 Å². The Kier molecular flexibility index (Phi) is 8.39. The first-order chi connectivity index (χ1) is 13.6. The van der Waals surface area contributed by atoms with Crippen LogP contribution in [0.15, 0.2) is 48.5 Å². The second-order valence-electron chi connectivity index (χ2n) is 7.30. The molecule has 0 aromatic heterocycles. The van der Waals surface area contributed by atoms with Gasteiger partial charge in [0.15, 0.2) is 0 Å². The molecular formula is C21H30N2O4S2. The van der Waals surface area contributed by atoms with Gasteiger partial charge in [-0.25, -0.2) is 26.3 Å². The first-order valence-electron chi connectivity index (χ1n) is 9.71. The van der Waals surface area contributed by atoms with Gasteiger partial charge in [0.1, 0.15) is 0 Å². The van der Waals surface area contributed by atoms with Gasteiger partial charge in [0, 0.05) is 13.1 Å². The third-order valence-corrected chi connectivity index (χ3v) is 6.91. The van der Waals surface area contributed by atoms with Gasteiger partial charge in [-0.1, -0.05) is 62.4 Å². The Morgan fingerprint density at radius 1 is 0.862 bits per heavy atom. The zero-order valence-electron chi connectivity index (χ0n) is 17.2. The largest absolute Gasteiger partial charge is 0.215 e. The number of rotatable bonds is 11. The first kappa shape index (κ1) is 23.5. The zero-order chi connectivity index (χ0) is 21.5. The molecule has 0 aliphatic heterocycles. The molecule has 0 radical (unpaired) electrons. The second kappa shape index (κ2) is 10.3. The SMILES string of the molecule is CCCS(=O)(=O)NCC(C)c1ccc(-c2ccc(CCNS(C)(=O)=O)cc2)cc1. The van der Waals surface area contributed by atoms with Gasteiger partial charge in [-0.2, -0.15) is 0 Å². The molecule has 0 saturated carbocycles. The summed E-state index contributed by atoms with van der Waals surface area (Å²) >= 11 is 0. The van der Waals surface area contributed by atoms with Gasteiger partial charge < -0.3 is 0 Å². The first-order valence-corrected chi connectivity index (χ1v) is 13.3. The van der Waals surface area contributed by atoms with Crippen LogP contribution >= 0.6 is 0 Å². The minimum atomic E-state index is -3.19. The zero-order valence-corrected chi connectivity index (χ0v) is 18.8. The van der Waals surface area contributed by atoms with Crippen molar-refractivity contribution in [2.45, 2.75) is 32.6 Å². The second-order valence-corrected chi connectivity index (χ2v) is 11.1. The summed E-state index contributed by atoms with van der Waals surface area (Å²) in [6, 6.07) is 16.2. The van der Waals surface area contributed by atoms with Gasteiger partial charge in [0.25, 0.3) is 0 Å². The normalized spacial score (nSPS) is 13.3. The van der Waals surface area contributed by atoms with Gasteiger partial charge in [-0.05, 0) is 41.0 Å². The third kappa shape index (κ3) is 8.26. The van der Waals surface area contributed by atoms with E-state index in [4.69, 9.17) is 0 Å². The monoisotopic (exact) mass is 438 g/mol. The predicted octanol–water partition coefficient (Wildman–Crippen LogP) is 2.88. The smallest absolute Gasteiger partial charge is 0.211 e. The number of hydrogen-bond acceptors (Lipinski definition) is 4. The maximum Gasteiger partial charge on any atom is 0.211 e. The van der Waals surface area contributed by atoms with E-state index >= 15 is 0 Å². The lowest BCUT2D eigenvalue weighted by Crippen LogP contribution is -2.29. The van der Waals surface area contributed by atoms with Gasteiger partial charge in [-0.3, -0.25) is 0 Å². The molecule has 0 bridgehead atoms.